The number of halogens is 2. The molecule has 1 aromatic carbocycles. The van der Waals surface area contributed by atoms with Gasteiger partial charge in [-0.05, 0) is 24.6 Å². The third-order valence-electron chi connectivity index (χ3n) is 3.41. The fraction of sp³-hybridized carbons (Fsp3) is 0.571. The van der Waals surface area contributed by atoms with E-state index in [9.17, 15) is 0 Å². The van der Waals surface area contributed by atoms with E-state index < -0.39 is 0 Å². The Hall–Kier alpha value is 0.0600. The lowest BCUT2D eigenvalue weighted by molar-refractivity contribution is 0.0382. The van der Waals surface area contributed by atoms with Gasteiger partial charge < -0.3 is 10.1 Å². The molecule has 3 nitrogen and oxygen atoms in total. The van der Waals surface area contributed by atoms with Crippen molar-refractivity contribution in [3.8, 4) is 0 Å². The number of rotatable bonds is 5. The zero-order valence-corrected chi connectivity index (χ0v) is 14.3. The van der Waals surface area contributed by atoms with Gasteiger partial charge in [0, 0.05) is 41.2 Å². The molecule has 1 heterocycles. The van der Waals surface area contributed by atoms with Gasteiger partial charge in [0.05, 0.1) is 13.2 Å². The van der Waals surface area contributed by atoms with E-state index in [1.54, 1.807) is 0 Å². The van der Waals surface area contributed by atoms with Gasteiger partial charge in [-0.2, -0.15) is 0 Å². The van der Waals surface area contributed by atoms with Gasteiger partial charge in [-0.1, -0.05) is 37.9 Å². The molecule has 0 aromatic heterocycles. The predicted octanol–water partition coefficient (Wildman–Crippen LogP) is 3.19. The molecule has 2 rings (SSSR count). The Kier molecular flexibility index (Phi) is 6.29. The minimum atomic E-state index is 0.350. The molecule has 0 spiro atoms. The lowest BCUT2D eigenvalue weighted by Gasteiger charge is -2.27. The van der Waals surface area contributed by atoms with Crippen LogP contribution in [0.3, 0.4) is 0 Å². The Bertz CT molecular complexity index is 408. The maximum Gasteiger partial charge on any atom is 0.0594 e. The van der Waals surface area contributed by atoms with Crippen LogP contribution < -0.4 is 5.32 Å². The number of morpholine rings is 1. The number of nitrogens with zero attached hydrogens (tertiary/aromatic N) is 1. The average molecular weight is 392 g/mol. The van der Waals surface area contributed by atoms with Crippen LogP contribution in [0.25, 0.3) is 0 Å². The summed E-state index contributed by atoms with van der Waals surface area (Å²) in [6.07, 6.45) is 0. The smallest absolute Gasteiger partial charge is 0.0594 e. The van der Waals surface area contributed by atoms with E-state index in [2.05, 4.69) is 67.2 Å². The summed E-state index contributed by atoms with van der Waals surface area (Å²) in [7, 11) is 0. The maximum atomic E-state index is 5.35. The molecule has 1 saturated heterocycles. The predicted molar refractivity (Wildman–Crippen MR) is 85.5 cm³/mol. The highest BCUT2D eigenvalue weighted by atomic mass is 79.9. The first-order valence-corrected chi connectivity index (χ1v) is 8.24. The lowest BCUT2D eigenvalue weighted by atomic mass is 10.1. The summed E-state index contributed by atoms with van der Waals surface area (Å²) in [6.45, 7) is 8.14. The number of benzene rings is 1. The first-order chi connectivity index (χ1) is 9.16. The van der Waals surface area contributed by atoms with Crippen LogP contribution in [0.2, 0.25) is 0 Å². The van der Waals surface area contributed by atoms with Crippen molar-refractivity contribution in [2.24, 2.45) is 0 Å². The van der Waals surface area contributed by atoms with Gasteiger partial charge in [0.25, 0.3) is 0 Å². The quantitative estimate of drug-likeness (QED) is 0.834. The van der Waals surface area contributed by atoms with Crippen molar-refractivity contribution in [3.63, 3.8) is 0 Å². The van der Waals surface area contributed by atoms with Crippen molar-refractivity contribution in [1.82, 2.24) is 10.2 Å². The Labute approximate surface area is 132 Å². The second-order valence-electron chi connectivity index (χ2n) is 4.80. The zero-order chi connectivity index (χ0) is 13.7. The van der Waals surface area contributed by atoms with Crippen LogP contribution in [0, 0.1) is 0 Å². The summed E-state index contributed by atoms with van der Waals surface area (Å²) in [4.78, 5) is 2.44. The Morgan fingerprint density at radius 1 is 1.32 bits per heavy atom. The Morgan fingerprint density at radius 2 is 2.05 bits per heavy atom. The number of ether oxygens (including phenoxy) is 1. The van der Waals surface area contributed by atoms with Crippen LogP contribution in [0.4, 0.5) is 0 Å². The molecule has 19 heavy (non-hydrogen) atoms. The van der Waals surface area contributed by atoms with E-state index in [1.165, 1.54) is 5.56 Å². The largest absolute Gasteiger partial charge is 0.379 e. The fourth-order valence-electron chi connectivity index (χ4n) is 2.23. The standard InChI is InChI=1S/C14H20Br2N2O/c1-11(13-3-2-12(15)10-14(13)16)17-4-5-18-6-8-19-9-7-18/h2-3,10-11,17H,4-9H2,1H3. The SMILES string of the molecule is CC(NCCN1CCOCC1)c1ccc(Br)cc1Br. The first-order valence-electron chi connectivity index (χ1n) is 6.65. The second kappa shape index (κ2) is 7.74. The highest BCUT2D eigenvalue weighted by Crippen LogP contribution is 2.26. The molecule has 1 aliphatic heterocycles. The van der Waals surface area contributed by atoms with Crippen molar-refractivity contribution in [2.75, 3.05) is 39.4 Å². The molecular formula is C14H20Br2N2O. The van der Waals surface area contributed by atoms with Gasteiger partial charge in [-0.3, -0.25) is 4.90 Å². The highest BCUT2D eigenvalue weighted by Gasteiger charge is 2.12. The molecular weight excluding hydrogens is 372 g/mol. The summed E-state index contributed by atoms with van der Waals surface area (Å²) in [5.74, 6) is 0. The number of hydrogen-bond donors (Lipinski definition) is 1. The average Bonchev–Trinajstić information content (AvgIpc) is 2.39. The molecule has 1 N–H and O–H groups in total. The molecule has 106 valence electrons. The van der Waals surface area contributed by atoms with E-state index >= 15 is 0 Å². The highest BCUT2D eigenvalue weighted by molar-refractivity contribution is 9.11. The molecule has 0 saturated carbocycles. The lowest BCUT2D eigenvalue weighted by Crippen LogP contribution is -2.40. The van der Waals surface area contributed by atoms with E-state index in [1.807, 2.05) is 0 Å². The van der Waals surface area contributed by atoms with Crippen LogP contribution in [0.15, 0.2) is 27.1 Å². The monoisotopic (exact) mass is 390 g/mol. The maximum absolute atomic E-state index is 5.35. The summed E-state index contributed by atoms with van der Waals surface area (Å²) >= 11 is 7.10. The fourth-order valence-corrected chi connectivity index (χ4v) is 3.62. The van der Waals surface area contributed by atoms with Gasteiger partial charge >= 0.3 is 0 Å². The minimum Gasteiger partial charge on any atom is -0.379 e. The van der Waals surface area contributed by atoms with E-state index in [0.29, 0.717) is 6.04 Å². The molecule has 0 amide bonds. The van der Waals surface area contributed by atoms with E-state index in [0.717, 1.165) is 48.3 Å². The number of hydrogen-bond acceptors (Lipinski definition) is 3. The molecule has 1 unspecified atom stereocenters. The Morgan fingerprint density at radius 3 is 2.74 bits per heavy atom. The molecule has 1 atom stereocenters. The van der Waals surface area contributed by atoms with Gasteiger partial charge in [-0.15, -0.1) is 0 Å². The van der Waals surface area contributed by atoms with E-state index in [-0.39, 0.29) is 0 Å². The third kappa shape index (κ3) is 4.83. The summed E-state index contributed by atoms with van der Waals surface area (Å²) in [5.41, 5.74) is 1.30. The molecule has 0 bridgehead atoms. The van der Waals surface area contributed by atoms with E-state index in [4.69, 9.17) is 4.74 Å². The molecule has 1 fully saturated rings. The molecule has 5 heteroatoms. The van der Waals surface area contributed by atoms with Crippen LogP contribution in [0.5, 0.6) is 0 Å². The van der Waals surface area contributed by atoms with Crippen molar-refractivity contribution in [3.05, 3.63) is 32.7 Å². The summed E-state index contributed by atoms with van der Waals surface area (Å²) in [5, 5.41) is 3.58. The Balaban J connectivity index is 1.78. The topological polar surface area (TPSA) is 24.5 Å². The minimum absolute atomic E-state index is 0.350. The van der Waals surface area contributed by atoms with Gasteiger partial charge in [0.15, 0.2) is 0 Å². The third-order valence-corrected chi connectivity index (χ3v) is 4.59. The van der Waals surface area contributed by atoms with Crippen molar-refractivity contribution in [2.45, 2.75) is 13.0 Å². The molecule has 0 aliphatic carbocycles. The van der Waals surface area contributed by atoms with Crippen molar-refractivity contribution < 1.29 is 4.74 Å². The molecule has 0 radical (unpaired) electrons. The van der Waals surface area contributed by atoms with Crippen molar-refractivity contribution >= 4 is 31.9 Å². The normalized spacial score (nSPS) is 18.5. The van der Waals surface area contributed by atoms with Crippen LogP contribution >= 0.6 is 31.9 Å². The summed E-state index contributed by atoms with van der Waals surface area (Å²) < 4.78 is 7.60. The summed E-state index contributed by atoms with van der Waals surface area (Å²) in [6, 6.07) is 6.68. The van der Waals surface area contributed by atoms with Gasteiger partial charge in [0.1, 0.15) is 0 Å². The van der Waals surface area contributed by atoms with Crippen LogP contribution in [-0.4, -0.2) is 44.3 Å². The number of nitrogens with one attached hydrogen (secondary N) is 1. The first kappa shape index (κ1) is 15.4. The molecule has 1 aliphatic rings. The molecule has 1 aromatic rings. The second-order valence-corrected chi connectivity index (χ2v) is 6.57. The van der Waals surface area contributed by atoms with Crippen LogP contribution in [-0.2, 0) is 4.74 Å². The zero-order valence-electron chi connectivity index (χ0n) is 11.2. The van der Waals surface area contributed by atoms with Crippen molar-refractivity contribution in [1.29, 1.82) is 0 Å². The van der Waals surface area contributed by atoms with Crippen LogP contribution in [0.1, 0.15) is 18.5 Å². The van der Waals surface area contributed by atoms with Gasteiger partial charge in [0.2, 0.25) is 0 Å². The van der Waals surface area contributed by atoms with Gasteiger partial charge in [-0.25, -0.2) is 0 Å².